The van der Waals surface area contributed by atoms with E-state index < -0.39 is 10.0 Å². The van der Waals surface area contributed by atoms with Crippen molar-refractivity contribution in [1.82, 2.24) is 9.62 Å². The van der Waals surface area contributed by atoms with E-state index >= 15 is 0 Å². The van der Waals surface area contributed by atoms with Gasteiger partial charge in [-0.15, -0.1) is 0 Å². The molecule has 27 heavy (non-hydrogen) atoms. The van der Waals surface area contributed by atoms with E-state index in [1.54, 1.807) is 19.2 Å². The summed E-state index contributed by atoms with van der Waals surface area (Å²) in [5.74, 6) is -0.405. The summed E-state index contributed by atoms with van der Waals surface area (Å²) >= 11 is 0. The summed E-state index contributed by atoms with van der Waals surface area (Å²) < 4.78 is 31.9. The van der Waals surface area contributed by atoms with Gasteiger partial charge in [0.2, 0.25) is 21.8 Å². The largest absolute Gasteiger partial charge is 0.385 e. The van der Waals surface area contributed by atoms with Crippen LogP contribution in [0.25, 0.3) is 0 Å². The molecule has 1 fully saturated rings. The van der Waals surface area contributed by atoms with Gasteiger partial charge < -0.3 is 15.4 Å². The van der Waals surface area contributed by atoms with Crippen molar-refractivity contribution in [2.75, 3.05) is 38.7 Å². The van der Waals surface area contributed by atoms with Crippen LogP contribution in [0, 0.1) is 5.92 Å². The van der Waals surface area contributed by atoms with Crippen LogP contribution < -0.4 is 10.6 Å². The number of anilines is 1. The van der Waals surface area contributed by atoms with Crippen LogP contribution in [0.5, 0.6) is 0 Å². The van der Waals surface area contributed by atoms with Gasteiger partial charge in [0.25, 0.3) is 0 Å². The summed E-state index contributed by atoms with van der Waals surface area (Å²) in [6.07, 6.45) is 1.75. The first-order valence-electron chi connectivity index (χ1n) is 8.99. The predicted molar refractivity (Wildman–Crippen MR) is 102 cm³/mol. The van der Waals surface area contributed by atoms with E-state index in [1.165, 1.54) is 23.4 Å². The van der Waals surface area contributed by atoms with Gasteiger partial charge in [-0.2, -0.15) is 4.31 Å². The molecular weight excluding hydrogens is 370 g/mol. The second-order valence-electron chi connectivity index (χ2n) is 6.52. The van der Waals surface area contributed by atoms with Gasteiger partial charge in [-0.25, -0.2) is 8.42 Å². The lowest BCUT2D eigenvalue weighted by atomic mass is 9.97. The number of carbonyl (C=O) groups is 2. The monoisotopic (exact) mass is 397 g/mol. The smallest absolute Gasteiger partial charge is 0.243 e. The van der Waals surface area contributed by atoms with Crippen LogP contribution in [0.3, 0.4) is 0 Å². The summed E-state index contributed by atoms with van der Waals surface area (Å²) in [6, 6.07) is 6.09. The minimum absolute atomic E-state index is 0.0252. The quantitative estimate of drug-likeness (QED) is 0.642. The maximum atomic E-state index is 12.8. The molecule has 0 aromatic heterocycles. The Morgan fingerprint density at radius 2 is 1.81 bits per heavy atom. The Kier molecular flexibility index (Phi) is 7.76. The van der Waals surface area contributed by atoms with E-state index in [-0.39, 0.29) is 22.6 Å². The Labute approximate surface area is 160 Å². The number of hydrogen-bond acceptors (Lipinski definition) is 5. The van der Waals surface area contributed by atoms with Crippen LogP contribution >= 0.6 is 0 Å². The average molecular weight is 397 g/mol. The normalized spacial score (nSPS) is 16.1. The lowest BCUT2D eigenvalue weighted by Crippen LogP contribution is -2.43. The minimum Gasteiger partial charge on any atom is -0.385 e. The number of ether oxygens (including phenoxy) is 1. The van der Waals surface area contributed by atoms with Crippen LogP contribution in [0.15, 0.2) is 29.2 Å². The first kappa shape index (κ1) is 21.3. The lowest BCUT2D eigenvalue weighted by Gasteiger charge is -2.30. The number of carbonyl (C=O) groups excluding carboxylic acids is 2. The highest BCUT2D eigenvalue weighted by atomic mass is 32.2. The Morgan fingerprint density at radius 3 is 2.37 bits per heavy atom. The molecule has 1 aromatic carbocycles. The number of hydrogen-bond donors (Lipinski definition) is 2. The Hall–Kier alpha value is -1.97. The fourth-order valence-electron chi connectivity index (χ4n) is 2.99. The van der Waals surface area contributed by atoms with Crippen LogP contribution in [0.2, 0.25) is 0 Å². The molecule has 1 saturated heterocycles. The molecule has 9 heteroatoms. The molecule has 0 bridgehead atoms. The van der Waals surface area contributed by atoms with Gasteiger partial charge in [-0.1, -0.05) is 0 Å². The van der Waals surface area contributed by atoms with Crippen LogP contribution in [-0.4, -0.2) is 57.9 Å². The number of rotatable bonds is 8. The van der Waals surface area contributed by atoms with Crippen molar-refractivity contribution < 1.29 is 22.7 Å². The van der Waals surface area contributed by atoms with Gasteiger partial charge >= 0.3 is 0 Å². The van der Waals surface area contributed by atoms with Gasteiger partial charge in [-0.05, 0) is 43.5 Å². The van der Waals surface area contributed by atoms with Gasteiger partial charge in [0.15, 0.2) is 0 Å². The fourth-order valence-corrected chi connectivity index (χ4v) is 4.46. The Bertz CT molecular complexity index is 741. The summed E-state index contributed by atoms with van der Waals surface area (Å²) in [7, 11) is -1.99. The average Bonchev–Trinajstić information content (AvgIpc) is 2.65. The number of methoxy groups -OCH3 is 1. The first-order valence-corrected chi connectivity index (χ1v) is 10.4. The van der Waals surface area contributed by atoms with E-state index in [4.69, 9.17) is 4.74 Å². The highest BCUT2D eigenvalue weighted by Crippen LogP contribution is 2.24. The molecular formula is C18H27N3O5S. The molecule has 1 heterocycles. The third-order valence-electron chi connectivity index (χ3n) is 4.46. The predicted octanol–water partition coefficient (Wildman–Crippen LogP) is 1.20. The van der Waals surface area contributed by atoms with Gasteiger partial charge in [0, 0.05) is 51.9 Å². The molecule has 0 unspecified atom stereocenters. The van der Waals surface area contributed by atoms with Crippen molar-refractivity contribution in [3.8, 4) is 0 Å². The zero-order valence-electron chi connectivity index (χ0n) is 15.7. The number of nitrogens with one attached hydrogen (secondary N) is 2. The number of benzene rings is 1. The Balaban J connectivity index is 1.90. The van der Waals surface area contributed by atoms with Crippen molar-refractivity contribution in [2.45, 2.75) is 31.1 Å². The summed E-state index contributed by atoms with van der Waals surface area (Å²) in [4.78, 5) is 23.4. The molecule has 0 aliphatic carbocycles. The van der Waals surface area contributed by atoms with Crippen molar-refractivity contribution in [2.24, 2.45) is 5.92 Å². The molecule has 0 saturated carbocycles. The van der Waals surface area contributed by atoms with Gasteiger partial charge in [0.1, 0.15) is 0 Å². The molecule has 150 valence electrons. The molecule has 0 atom stereocenters. The van der Waals surface area contributed by atoms with Crippen LogP contribution in [0.1, 0.15) is 26.2 Å². The molecule has 8 nitrogen and oxygen atoms in total. The summed E-state index contributed by atoms with van der Waals surface area (Å²) in [5, 5.41) is 5.48. The molecule has 0 radical (unpaired) electrons. The van der Waals surface area contributed by atoms with Crippen molar-refractivity contribution in [1.29, 1.82) is 0 Å². The van der Waals surface area contributed by atoms with Crippen molar-refractivity contribution in [3.63, 3.8) is 0 Å². The molecule has 0 spiro atoms. The number of nitrogens with zero attached hydrogens (tertiary/aromatic N) is 1. The molecule has 2 amide bonds. The van der Waals surface area contributed by atoms with Crippen molar-refractivity contribution in [3.05, 3.63) is 24.3 Å². The highest BCUT2D eigenvalue weighted by Gasteiger charge is 2.31. The first-order chi connectivity index (χ1) is 12.8. The molecule has 1 aliphatic rings. The van der Waals surface area contributed by atoms with E-state index in [0.717, 1.165) is 6.42 Å². The van der Waals surface area contributed by atoms with Gasteiger partial charge in [-0.3, -0.25) is 9.59 Å². The number of sulfonamides is 1. The van der Waals surface area contributed by atoms with Crippen LogP contribution in [-0.2, 0) is 24.3 Å². The van der Waals surface area contributed by atoms with E-state index in [9.17, 15) is 18.0 Å². The third kappa shape index (κ3) is 6.02. The fraction of sp³-hybridized carbons (Fsp3) is 0.556. The zero-order valence-corrected chi connectivity index (χ0v) is 16.5. The highest BCUT2D eigenvalue weighted by molar-refractivity contribution is 7.89. The maximum absolute atomic E-state index is 12.8. The van der Waals surface area contributed by atoms with E-state index in [0.29, 0.717) is 44.8 Å². The summed E-state index contributed by atoms with van der Waals surface area (Å²) in [5.41, 5.74) is 0.547. The van der Waals surface area contributed by atoms with Gasteiger partial charge in [0.05, 0.1) is 4.90 Å². The summed E-state index contributed by atoms with van der Waals surface area (Å²) in [6.45, 7) is 3.17. The molecule has 2 N–H and O–H groups in total. The van der Waals surface area contributed by atoms with E-state index in [1.807, 2.05) is 0 Å². The second-order valence-corrected chi connectivity index (χ2v) is 8.46. The third-order valence-corrected chi connectivity index (χ3v) is 6.37. The topological polar surface area (TPSA) is 105 Å². The number of piperidine rings is 1. The minimum atomic E-state index is -3.61. The second kappa shape index (κ2) is 9.82. The molecule has 1 aliphatic heterocycles. The van der Waals surface area contributed by atoms with Crippen LogP contribution in [0.4, 0.5) is 5.69 Å². The Morgan fingerprint density at radius 1 is 1.19 bits per heavy atom. The standard InChI is InChI=1S/C18H27N3O5S/c1-14(22)20-16-4-6-17(7-5-16)27(24,25)21-11-8-15(9-12-21)18(23)19-10-3-13-26-2/h4-7,15H,3,8-13H2,1-2H3,(H,19,23)(H,20,22). The van der Waals surface area contributed by atoms with Crippen molar-refractivity contribution >= 4 is 27.5 Å². The maximum Gasteiger partial charge on any atom is 0.243 e. The molecule has 2 rings (SSSR count). The SMILES string of the molecule is COCCCNC(=O)C1CCN(S(=O)(=O)c2ccc(NC(C)=O)cc2)CC1. The van der Waals surface area contributed by atoms with E-state index in [2.05, 4.69) is 10.6 Å². The molecule has 1 aromatic rings. The lowest BCUT2D eigenvalue weighted by molar-refractivity contribution is -0.126. The zero-order chi connectivity index (χ0) is 19.9. The number of amides is 2.